The zero-order chi connectivity index (χ0) is 19.9. The number of hydrogen-bond acceptors (Lipinski definition) is 4. The maximum Gasteiger partial charge on any atom is 0.253 e. The van der Waals surface area contributed by atoms with Crippen molar-refractivity contribution in [3.05, 3.63) is 65.5 Å². The normalized spacial score (nSPS) is 18.8. The van der Waals surface area contributed by atoms with E-state index in [2.05, 4.69) is 10.9 Å². The molecule has 2 unspecified atom stereocenters. The fourth-order valence-corrected chi connectivity index (χ4v) is 3.54. The quantitative estimate of drug-likeness (QED) is 0.728. The molecule has 0 saturated carbocycles. The van der Waals surface area contributed by atoms with Gasteiger partial charge in [-0.15, -0.1) is 0 Å². The van der Waals surface area contributed by atoms with Gasteiger partial charge >= 0.3 is 0 Å². The lowest BCUT2D eigenvalue weighted by molar-refractivity contribution is 0.0791. The summed E-state index contributed by atoms with van der Waals surface area (Å²) >= 11 is 0. The topological polar surface area (TPSA) is 53.6 Å². The van der Waals surface area contributed by atoms with E-state index in [-0.39, 0.29) is 17.8 Å². The predicted octanol–water partition coefficient (Wildman–Crippen LogP) is 3.68. The van der Waals surface area contributed by atoms with Crippen molar-refractivity contribution < 1.29 is 13.9 Å². The van der Waals surface area contributed by atoms with Crippen LogP contribution < -0.4 is 15.6 Å². The van der Waals surface area contributed by atoms with Gasteiger partial charge in [0.05, 0.1) is 6.61 Å². The Balaban J connectivity index is 1.44. The van der Waals surface area contributed by atoms with Crippen molar-refractivity contribution in [1.82, 2.24) is 15.8 Å². The minimum Gasteiger partial charge on any atom is -0.494 e. The standard InChI is InChI=1S/C22H28FN3O2/c1-3-28-20-11-5-8-17(14-20)22(27)26(2)12-6-10-19-15-21(25-24-19)16-7-4-9-18(23)13-16/h4-5,7-9,11,13-14,19,21,24-25H,3,6,10,12,15H2,1-2H3. The number of halogens is 1. The van der Waals surface area contributed by atoms with Gasteiger partial charge in [0.25, 0.3) is 5.91 Å². The van der Waals surface area contributed by atoms with E-state index in [0.29, 0.717) is 30.5 Å². The first-order valence-corrected chi connectivity index (χ1v) is 9.81. The highest BCUT2D eigenvalue weighted by Crippen LogP contribution is 2.24. The molecule has 0 radical (unpaired) electrons. The van der Waals surface area contributed by atoms with Crippen LogP contribution in [0.25, 0.3) is 0 Å². The molecule has 0 bridgehead atoms. The van der Waals surface area contributed by atoms with Gasteiger partial charge in [-0.05, 0) is 62.1 Å². The van der Waals surface area contributed by atoms with Gasteiger partial charge in [-0.1, -0.05) is 18.2 Å². The molecule has 1 amide bonds. The number of hydrogen-bond donors (Lipinski definition) is 2. The third-order valence-corrected chi connectivity index (χ3v) is 5.02. The van der Waals surface area contributed by atoms with Crippen LogP contribution in [0.2, 0.25) is 0 Å². The summed E-state index contributed by atoms with van der Waals surface area (Å²) < 4.78 is 18.9. The van der Waals surface area contributed by atoms with Crippen LogP contribution in [0.1, 0.15) is 48.1 Å². The molecule has 6 heteroatoms. The van der Waals surface area contributed by atoms with E-state index < -0.39 is 0 Å². The predicted molar refractivity (Wildman–Crippen MR) is 108 cm³/mol. The van der Waals surface area contributed by atoms with E-state index in [9.17, 15) is 9.18 Å². The van der Waals surface area contributed by atoms with Gasteiger partial charge in [-0.3, -0.25) is 15.6 Å². The van der Waals surface area contributed by atoms with Crippen LogP contribution in [-0.4, -0.2) is 37.0 Å². The Morgan fingerprint density at radius 2 is 2.04 bits per heavy atom. The van der Waals surface area contributed by atoms with Crippen molar-refractivity contribution in [2.75, 3.05) is 20.2 Å². The maximum atomic E-state index is 13.4. The van der Waals surface area contributed by atoms with Gasteiger partial charge in [0, 0.05) is 31.2 Å². The maximum absolute atomic E-state index is 13.4. The monoisotopic (exact) mass is 385 g/mol. The molecule has 2 N–H and O–H groups in total. The number of amides is 1. The molecule has 1 fully saturated rings. The fraction of sp³-hybridized carbons (Fsp3) is 0.409. The molecule has 5 nitrogen and oxygen atoms in total. The molecule has 1 aliphatic heterocycles. The van der Waals surface area contributed by atoms with Crippen molar-refractivity contribution in [2.24, 2.45) is 0 Å². The Kier molecular flexibility index (Phi) is 7.01. The summed E-state index contributed by atoms with van der Waals surface area (Å²) in [5, 5.41) is 0. The molecule has 1 heterocycles. The number of carbonyl (C=O) groups excluding carboxylic acids is 1. The molecule has 0 aromatic heterocycles. The summed E-state index contributed by atoms with van der Waals surface area (Å²) in [7, 11) is 1.82. The molecule has 0 aliphatic carbocycles. The zero-order valence-corrected chi connectivity index (χ0v) is 16.5. The van der Waals surface area contributed by atoms with Gasteiger partial charge < -0.3 is 9.64 Å². The average Bonchev–Trinajstić information content (AvgIpc) is 3.17. The van der Waals surface area contributed by atoms with E-state index in [1.54, 1.807) is 23.1 Å². The third kappa shape index (κ3) is 5.30. The van der Waals surface area contributed by atoms with E-state index >= 15 is 0 Å². The molecular formula is C22H28FN3O2. The summed E-state index contributed by atoms with van der Waals surface area (Å²) in [6.07, 6.45) is 2.73. The van der Waals surface area contributed by atoms with Gasteiger partial charge in [-0.25, -0.2) is 4.39 Å². The number of ether oxygens (including phenoxy) is 1. The first-order valence-electron chi connectivity index (χ1n) is 9.81. The summed E-state index contributed by atoms with van der Waals surface area (Å²) in [6, 6.07) is 14.4. The first kappa shape index (κ1) is 20.3. The van der Waals surface area contributed by atoms with Gasteiger partial charge in [0.15, 0.2) is 0 Å². The second kappa shape index (κ2) is 9.66. The lowest BCUT2D eigenvalue weighted by Crippen LogP contribution is -2.32. The second-order valence-corrected chi connectivity index (χ2v) is 7.16. The van der Waals surface area contributed by atoms with E-state index in [1.807, 2.05) is 38.2 Å². The number of hydrazine groups is 1. The van der Waals surface area contributed by atoms with Crippen LogP contribution in [-0.2, 0) is 0 Å². The SMILES string of the molecule is CCOc1cccc(C(=O)N(C)CCCC2CC(c3cccc(F)c3)NN2)c1. The lowest BCUT2D eigenvalue weighted by Gasteiger charge is -2.18. The third-order valence-electron chi connectivity index (χ3n) is 5.02. The molecule has 1 saturated heterocycles. The van der Waals surface area contributed by atoms with Gasteiger partial charge in [0.2, 0.25) is 0 Å². The molecule has 2 atom stereocenters. The molecule has 2 aromatic rings. The van der Waals surface area contributed by atoms with Crippen LogP contribution in [0, 0.1) is 5.82 Å². The van der Waals surface area contributed by atoms with Crippen LogP contribution in [0.4, 0.5) is 4.39 Å². The first-order chi connectivity index (χ1) is 13.6. The number of nitrogens with one attached hydrogen (secondary N) is 2. The van der Waals surface area contributed by atoms with Crippen LogP contribution in [0.5, 0.6) is 5.75 Å². The minimum absolute atomic E-state index is 0.00306. The fourth-order valence-electron chi connectivity index (χ4n) is 3.54. The van der Waals surface area contributed by atoms with Crippen molar-refractivity contribution in [3.63, 3.8) is 0 Å². The van der Waals surface area contributed by atoms with E-state index in [0.717, 1.165) is 24.8 Å². The van der Waals surface area contributed by atoms with Crippen molar-refractivity contribution >= 4 is 5.91 Å². The van der Waals surface area contributed by atoms with Crippen LogP contribution in [0.3, 0.4) is 0 Å². The van der Waals surface area contributed by atoms with Gasteiger partial charge in [0.1, 0.15) is 11.6 Å². The molecule has 28 heavy (non-hydrogen) atoms. The highest BCUT2D eigenvalue weighted by atomic mass is 19.1. The Morgan fingerprint density at radius 1 is 1.21 bits per heavy atom. The molecule has 2 aromatic carbocycles. The molecular weight excluding hydrogens is 357 g/mol. The summed E-state index contributed by atoms with van der Waals surface area (Å²) in [5.41, 5.74) is 8.13. The summed E-state index contributed by atoms with van der Waals surface area (Å²) in [6.45, 7) is 3.18. The molecule has 3 rings (SSSR count). The van der Waals surface area contributed by atoms with Crippen molar-refractivity contribution in [2.45, 2.75) is 38.3 Å². The largest absolute Gasteiger partial charge is 0.494 e. The molecule has 150 valence electrons. The molecule has 1 aliphatic rings. The summed E-state index contributed by atoms with van der Waals surface area (Å²) in [4.78, 5) is 14.4. The van der Waals surface area contributed by atoms with Crippen LogP contribution in [0.15, 0.2) is 48.5 Å². The minimum atomic E-state index is -0.212. The highest BCUT2D eigenvalue weighted by molar-refractivity contribution is 5.94. The number of rotatable bonds is 8. The summed E-state index contributed by atoms with van der Waals surface area (Å²) in [5.74, 6) is 0.499. The number of benzene rings is 2. The zero-order valence-electron chi connectivity index (χ0n) is 16.5. The van der Waals surface area contributed by atoms with Crippen molar-refractivity contribution in [3.8, 4) is 5.75 Å². The average molecular weight is 385 g/mol. The smallest absolute Gasteiger partial charge is 0.253 e. The van der Waals surface area contributed by atoms with Gasteiger partial charge in [-0.2, -0.15) is 0 Å². The lowest BCUT2D eigenvalue weighted by atomic mass is 9.99. The Labute approximate surface area is 165 Å². The Bertz CT molecular complexity index is 799. The van der Waals surface area contributed by atoms with E-state index in [1.165, 1.54) is 6.07 Å². The van der Waals surface area contributed by atoms with E-state index in [4.69, 9.17) is 4.74 Å². The number of carbonyl (C=O) groups is 1. The van der Waals surface area contributed by atoms with Crippen LogP contribution >= 0.6 is 0 Å². The Hall–Kier alpha value is -2.44. The Morgan fingerprint density at radius 3 is 2.82 bits per heavy atom. The molecule has 0 spiro atoms. The number of nitrogens with zero attached hydrogens (tertiary/aromatic N) is 1. The second-order valence-electron chi connectivity index (χ2n) is 7.16. The highest BCUT2D eigenvalue weighted by Gasteiger charge is 2.25. The van der Waals surface area contributed by atoms with Crippen molar-refractivity contribution in [1.29, 1.82) is 0 Å².